The van der Waals surface area contributed by atoms with Gasteiger partial charge in [0, 0.05) is 13.1 Å². The lowest BCUT2D eigenvalue weighted by Crippen LogP contribution is -2.20. The lowest BCUT2D eigenvalue weighted by Gasteiger charge is -2.17. The van der Waals surface area contributed by atoms with E-state index in [9.17, 15) is 10.1 Å². The van der Waals surface area contributed by atoms with Crippen molar-refractivity contribution >= 4 is 17.5 Å². The Kier molecular flexibility index (Phi) is 4.70. The number of aromatic nitrogens is 2. The summed E-state index contributed by atoms with van der Waals surface area (Å²) in [5.41, 5.74) is -0.0682. The number of nitro groups is 1. The Bertz CT molecular complexity index is 480. The van der Waals surface area contributed by atoms with Crippen molar-refractivity contribution in [1.82, 2.24) is 9.97 Å². The third-order valence-corrected chi connectivity index (χ3v) is 3.79. The minimum absolute atomic E-state index is 0.0682. The minimum atomic E-state index is -0.443. The molecule has 7 heteroatoms. The summed E-state index contributed by atoms with van der Waals surface area (Å²) >= 11 is 0. The molecule has 1 aliphatic carbocycles. The second-order valence-electron chi connectivity index (χ2n) is 5.39. The molecule has 0 amide bonds. The summed E-state index contributed by atoms with van der Waals surface area (Å²) < 4.78 is 0. The van der Waals surface area contributed by atoms with Crippen LogP contribution in [0.2, 0.25) is 0 Å². The molecule has 0 aliphatic heterocycles. The fourth-order valence-electron chi connectivity index (χ4n) is 2.56. The maximum atomic E-state index is 11.0. The van der Waals surface area contributed by atoms with Gasteiger partial charge in [0.2, 0.25) is 11.8 Å². The van der Waals surface area contributed by atoms with Crippen LogP contribution in [0, 0.1) is 16.0 Å². The molecule has 1 saturated carbocycles. The molecule has 1 aromatic heterocycles. The Morgan fingerprint density at radius 2 is 2.15 bits per heavy atom. The highest BCUT2D eigenvalue weighted by Gasteiger charge is 2.22. The van der Waals surface area contributed by atoms with Crippen LogP contribution in [0.15, 0.2) is 6.20 Å². The zero-order valence-corrected chi connectivity index (χ0v) is 11.9. The summed E-state index contributed by atoms with van der Waals surface area (Å²) in [6, 6.07) is 0.248. The smallest absolute Gasteiger partial charge is 0.329 e. The number of anilines is 2. The molecule has 1 heterocycles. The van der Waals surface area contributed by atoms with Crippen molar-refractivity contribution in [2.75, 3.05) is 17.7 Å². The number of nitrogens with one attached hydrogen (secondary N) is 2. The lowest BCUT2D eigenvalue weighted by atomic mass is 10.0. The predicted molar refractivity (Wildman–Crippen MR) is 77.9 cm³/mol. The molecule has 2 atom stereocenters. The highest BCUT2D eigenvalue weighted by Crippen LogP contribution is 2.28. The molecule has 110 valence electrons. The van der Waals surface area contributed by atoms with Crippen LogP contribution in [0.1, 0.15) is 39.0 Å². The van der Waals surface area contributed by atoms with E-state index >= 15 is 0 Å². The van der Waals surface area contributed by atoms with Crippen LogP contribution in [-0.4, -0.2) is 28.0 Å². The van der Waals surface area contributed by atoms with Gasteiger partial charge in [0.1, 0.15) is 6.20 Å². The average molecular weight is 279 g/mol. The standard InChI is InChI=1S/C13H21N5O2/c1-9-4-3-5-10(7-6-9)16-12-11(18(19)20)8-15-13(14-2)17-12/h8-10H,3-7H2,1-2H3,(H2,14,15,16,17). The van der Waals surface area contributed by atoms with Crippen molar-refractivity contribution < 1.29 is 4.92 Å². The average Bonchev–Trinajstić information content (AvgIpc) is 2.63. The van der Waals surface area contributed by atoms with Crippen molar-refractivity contribution in [3.8, 4) is 0 Å². The van der Waals surface area contributed by atoms with Crippen molar-refractivity contribution in [2.45, 2.75) is 45.1 Å². The van der Waals surface area contributed by atoms with E-state index in [4.69, 9.17) is 0 Å². The minimum Gasteiger partial charge on any atom is -0.361 e. The predicted octanol–water partition coefficient (Wildman–Crippen LogP) is 2.81. The monoisotopic (exact) mass is 279 g/mol. The van der Waals surface area contributed by atoms with Crippen LogP contribution in [0.25, 0.3) is 0 Å². The highest BCUT2D eigenvalue weighted by molar-refractivity contribution is 5.57. The van der Waals surface area contributed by atoms with Gasteiger partial charge in [-0.05, 0) is 25.2 Å². The van der Waals surface area contributed by atoms with E-state index in [-0.39, 0.29) is 11.7 Å². The van der Waals surface area contributed by atoms with Gasteiger partial charge in [-0.3, -0.25) is 10.1 Å². The Morgan fingerprint density at radius 1 is 1.35 bits per heavy atom. The molecule has 2 rings (SSSR count). The summed E-state index contributed by atoms with van der Waals surface area (Å²) in [5.74, 6) is 1.43. The maximum Gasteiger partial charge on any atom is 0.329 e. The Hall–Kier alpha value is -1.92. The number of hydrogen-bond acceptors (Lipinski definition) is 6. The van der Waals surface area contributed by atoms with Gasteiger partial charge >= 0.3 is 5.69 Å². The van der Waals surface area contributed by atoms with Crippen molar-refractivity contribution in [3.05, 3.63) is 16.3 Å². The van der Waals surface area contributed by atoms with E-state index in [1.807, 2.05) is 0 Å². The van der Waals surface area contributed by atoms with Gasteiger partial charge in [0.05, 0.1) is 4.92 Å². The van der Waals surface area contributed by atoms with Gasteiger partial charge in [-0.1, -0.05) is 19.8 Å². The molecule has 0 bridgehead atoms. The van der Waals surface area contributed by atoms with Gasteiger partial charge in [-0.15, -0.1) is 0 Å². The summed E-state index contributed by atoms with van der Waals surface area (Å²) in [4.78, 5) is 18.7. The third-order valence-electron chi connectivity index (χ3n) is 3.79. The second-order valence-corrected chi connectivity index (χ2v) is 5.39. The van der Waals surface area contributed by atoms with Crippen molar-refractivity contribution in [3.63, 3.8) is 0 Å². The normalized spacial score (nSPS) is 22.9. The molecule has 1 fully saturated rings. The number of nitrogens with zero attached hydrogens (tertiary/aromatic N) is 3. The van der Waals surface area contributed by atoms with E-state index in [0.29, 0.717) is 11.8 Å². The second kappa shape index (κ2) is 6.49. The molecule has 0 radical (unpaired) electrons. The quantitative estimate of drug-likeness (QED) is 0.500. The van der Waals surface area contributed by atoms with Crippen LogP contribution in [-0.2, 0) is 0 Å². The topological polar surface area (TPSA) is 93.0 Å². The number of rotatable bonds is 4. The highest BCUT2D eigenvalue weighted by atomic mass is 16.6. The first-order chi connectivity index (χ1) is 9.60. The van der Waals surface area contributed by atoms with Crippen LogP contribution < -0.4 is 10.6 Å². The number of hydrogen-bond donors (Lipinski definition) is 2. The van der Waals surface area contributed by atoms with Gasteiger partial charge in [-0.2, -0.15) is 4.98 Å². The molecule has 2 N–H and O–H groups in total. The fourth-order valence-corrected chi connectivity index (χ4v) is 2.56. The molecule has 1 aliphatic rings. The first-order valence-corrected chi connectivity index (χ1v) is 7.06. The Labute approximate surface area is 118 Å². The van der Waals surface area contributed by atoms with Gasteiger partial charge < -0.3 is 10.6 Å². The summed E-state index contributed by atoms with van der Waals surface area (Å²) in [7, 11) is 1.69. The molecule has 1 aromatic rings. The third kappa shape index (κ3) is 3.55. The first-order valence-electron chi connectivity index (χ1n) is 7.06. The van der Waals surface area contributed by atoms with Crippen LogP contribution >= 0.6 is 0 Å². The van der Waals surface area contributed by atoms with Crippen molar-refractivity contribution in [1.29, 1.82) is 0 Å². The summed E-state index contributed by atoms with van der Waals surface area (Å²) in [5, 5.41) is 17.1. The molecule has 2 unspecified atom stereocenters. The largest absolute Gasteiger partial charge is 0.361 e. The van der Waals surface area contributed by atoms with Gasteiger partial charge in [-0.25, -0.2) is 4.98 Å². The van der Waals surface area contributed by atoms with Crippen molar-refractivity contribution in [2.24, 2.45) is 5.92 Å². The molecule has 0 aromatic carbocycles. The van der Waals surface area contributed by atoms with E-state index < -0.39 is 4.92 Å². The molecule has 0 spiro atoms. The maximum absolute atomic E-state index is 11.0. The van der Waals surface area contributed by atoms with Crippen LogP contribution in [0.4, 0.5) is 17.5 Å². The first kappa shape index (κ1) is 14.5. The zero-order chi connectivity index (χ0) is 14.5. The van der Waals surface area contributed by atoms with E-state index in [1.165, 1.54) is 12.6 Å². The summed E-state index contributed by atoms with van der Waals surface area (Å²) in [6.07, 6.45) is 6.83. The summed E-state index contributed by atoms with van der Waals surface area (Å²) in [6.45, 7) is 2.26. The molecule has 0 saturated heterocycles. The molecular weight excluding hydrogens is 258 g/mol. The Morgan fingerprint density at radius 3 is 2.85 bits per heavy atom. The molecule has 7 nitrogen and oxygen atoms in total. The molecule has 20 heavy (non-hydrogen) atoms. The molecular formula is C13H21N5O2. The van der Waals surface area contributed by atoms with E-state index in [2.05, 4.69) is 27.5 Å². The zero-order valence-electron chi connectivity index (χ0n) is 11.9. The van der Waals surface area contributed by atoms with Gasteiger partial charge in [0.25, 0.3) is 0 Å². The van der Waals surface area contributed by atoms with Crippen LogP contribution in [0.3, 0.4) is 0 Å². The Balaban J connectivity index is 2.16. The SMILES string of the molecule is CNc1ncc([N+](=O)[O-])c(NC2CCCC(C)CC2)n1. The van der Waals surface area contributed by atoms with E-state index in [0.717, 1.165) is 31.6 Å². The van der Waals surface area contributed by atoms with Gasteiger partial charge in [0.15, 0.2) is 0 Å². The fraction of sp³-hybridized carbons (Fsp3) is 0.692. The van der Waals surface area contributed by atoms with Crippen LogP contribution in [0.5, 0.6) is 0 Å². The van der Waals surface area contributed by atoms with E-state index in [1.54, 1.807) is 7.05 Å². The lowest BCUT2D eigenvalue weighted by molar-refractivity contribution is -0.384.